The third-order valence-corrected chi connectivity index (χ3v) is 6.33. The van der Waals surface area contributed by atoms with Gasteiger partial charge in [0.1, 0.15) is 0 Å². The van der Waals surface area contributed by atoms with Crippen LogP contribution in [0.25, 0.3) is 0 Å². The molecule has 2 rings (SSSR count). The van der Waals surface area contributed by atoms with Gasteiger partial charge in [-0.25, -0.2) is 0 Å². The van der Waals surface area contributed by atoms with Crippen molar-refractivity contribution < 1.29 is 24.2 Å². The van der Waals surface area contributed by atoms with Crippen LogP contribution in [-0.2, 0) is 19.1 Å². The Morgan fingerprint density at radius 1 is 1.18 bits per heavy atom. The number of hydrogen-bond donors (Lipinski definition) is 1. The molecule has 0 heterocycles. The first-order valence-corrected chi connectivity index (χ1v) is 8.14. The number of hydrogen-bond acceptors (Lipinski definition) is 5. The molecule has 2 aliphatic carbocycles. The van der Waals surface area contributed by atoms with Crippen molar-refractivity contribution in [3.63, 3.8) is 0 Å². The van der Waals surface area contributed by atoms with E-state index in [4.69, 9.17) is 9.47 Å². The summed E-state index contributed by atoms with van der Waals surface area (Å²) in [6.45, 7) is 5.96. The minimum Gasteiger partial charge on any atom is -0.469 e. The normalized spacial score (nSPS) is 41.4. The van der Waals surface area contributed by atoms with E-state index >= 15 is 0 Å². The van der Waals surface area contributed by atoms with E-state index in [1.165, 1.54) is 14.0 Å². The molecule has 5 unspecified atom stereocenters. The second-order valence-electron chi connectivity index (χ2n) is 7.42. The van der Waals surface area contributed by atoms with Gasteiger partial charge in [-0.1, -0.05) is 13.8 Å². The number of aliphatic hydroxyl groups excluding tert-OH is 1. The van der Waals surface area contributed by atoms with Crippen LogP contribution in [0.5, 0.6) is 0 Å². The number of ether oxygens (including phenoxy) is 2. The lowest BCUT2D eigenvalue weighted by Gasteiger charge is -2.46. The molecule has 5 heteroatoms. The van der Waals surface area contributed by atoms with Gasteiger partial charge in [-0.15, -0.1) is 0 Å². The molecule has 0 amide bonds. The Labute approximate surface area is 132 Å². The summed E-state index contributed by atoms with van der Waals surface area (Å²) < 4.78 is 10.2. The molecule has 2 saturated carbocycles. The van der Waals surface area contributed by atoms with Crippen molar-refractivity contribution in [2.24, 2.45) is 22.7 Å². The Hall–Kier alpha value is -1.10. The Kier molecular flexibility index (Phi) is 4.85. The smallest absolute Gasteiger partial charge is 0.309 e. The first-order chi connectivity index (χ1) is 10.2. The van der Waals surface area contributed by atoms with E-state index in [2.05, 4.69) is 13.8 Å². The van der Waals surface area contributed by atoms with Crippen LogP contribution < -0.4 is 0 Å². The molecular weight excluding hydrogens is 284 g/mol. The summed E-state index contributed by atoms with van der Waals surface area (Å²) in [5.41, 5.74) is -0.627. The van der Waals surface area contributed by atoms with E-state index in [1.54, 1.807) is 0 Å². The van der Waals surface area contributed by atoms with E-state index in [1.807, 2.05) is 0 Å². The van der Waals surface area contributed by atoms with Gasteiger partial charge in [-0.3, -0.25) is 9.59 Å². The second kappa shape index (κ2) is 6.19. The Morgan fingerprint density at radius 3 is 2.45 bits per heavy atom. The van der Waals surface area contributed by atoms with Crippen molar-refractivity contribution in [1.82, 2.24) is 0 Å². The summed E-state index contributed by atoms with van der Waals surface area (Å²) in [5, 5.41) is 10.6. The average molecular weight is 312 g/mol. The van der Waals surface area contributed by atoms with E-state index in [-0.39, 0.29) is 34.6 Å². The highest BCUT2D eigenvalue weighted by Crippen LogP contribution is 2.62. The van der Waals surface area contributed by atoms with Crippen molar-refractivity contribution in [3.8, 4) is 0 Å². The van der Waals surface area contributed by atoms with E-state index in [0.29, 0.717) is 13.0 Å². The van der Waals surface area contributed by atoms with Gasteiger partial charge >= 0.3 is 11.9 Å². The average Bonchev–Trinajstić information content (AvgIpc) is 2.62. The van der Waals surface area contributed by atoms with E-state index in [0.717, 1.165) is 25.7 Å². The Morgan fingerprint density at radius 2 is 1.86 bits per heavy atom. The molecule has 2 aliphatic rings. The first kappa shape index (κ1) is 17.3. The van der Waals surface area contributed by atoms with Crippen LogP contribution >= 0.6 is 0 Å². The number of rotatable bonds is 3. The van der Waals surface area contributed by atoms with Gasteiger partial charge in [0.25, 0.3) is 0 Å². The fraction of sp³-hybridized carbons (Fsp3) is 0.882. The Balaban J connectivity index is 2.29. The van der Waals surface area contributed by atoms with Crippen LogP contribution in [0, 0.1) is 22.7 Å². The zero-order valence-corrected chi connectivity index (χ0v) is 14.1. The highest BCUT2D eigenvalue weighted by Gasteiger charge is 2.61. The van der Waals surface area contributed by atoms with Gasteiger partial charge in [-0.2, -0.15) is 0 Å². The van der Waals surface area contributed by atoms with Crippen LogP contribution in [-0.4, -0.2) is 36.9 Å². The molecule has 0 radical (unpaired) electrons. The molecule has 2 fully saturated rings. The third kappa shape index (κ3) is 2.75. The summed E-state index contributed by atoms with van der Waals surface area (Å²) in [6.07, 6.45) is 3.40. The quantitative estimate of drug-likeness (QED) is 0.810. The zero-order chi connectivity index (χ0) is 16.5. The summed E-state index contributed by atoms with van der Waals surface area (Å²) in [4.78, 5) is 23.4. The molecule has 0 aromatic rings. The van der Waals surface area contributed by atoms with Crippen molar-refractivity contribution in [2.75, 3.05) is 13.7 Å². The predicted molar refractivity (Wildman–Crippen MR) is 80.9 cm³/mol. The number of fused-ring (bicyclic) bond motifs is 1. The molecule has 5 atom stereocenters. The lowest BCUT2D eigenvalue weighted by atomic mass is 9.59. The molecule has 22 heavy (non-hydrogen) atoms. The van der Waals surface area contributed by atoms with Crippen LogP contribution in [0.4, 0.5) is 0 Å². The van der Waals surface area contributed by atoms with Gasteiger partial charge in [0.15, 0.2) is 0 Å². The molecular formula is C17H28O5. The molecule has 0 aliphatic heterocycles. The van der Waals surface area contributed by atoms with Crippen molar-refractivity contribution in [2.45, 2.75) is 59.0 Å². The molecule has 0 spiro atoms. The maximum Gasteiger partial charge on any atom is 0.309 e. The van der Waals surface area contributed by atoms with Crippen molar-refractivity contribution in [3.05, 3.63) is 0 Å². The summed E-state index contributed by atoms with van der Waals surface area (Å²) >= 11 is 0. The molecule has 5 nitrogen and oxygen atoms in total. The standard InChI is InChI=1S/C17H28O5/c1-11(18)22-10-12-5-6-13(15(20)21-4)16(2)8-7-14(19)17(16,3)9-12/h12-14,19H,5-10H2,1-4H3. The minimum atomic E-state index is -0.428. The summed E-state index contributed by atoms with van der Waals surface area (Å²) in [5.74, 6) is -0.498. The number of carbonyl (C=O) groups excluding carboxylic acids is 2. The zero-order valence-electron chi connectivity index (χ0n) is 14.1. The van der Waals surface area contributed by atoms with Crippen molar-refractivity contribution >= 4 is 11.9 Å². The van der Waals surface area contributed by atoms with E-state index in [9.17, 15) is 14.7 Å². The molecule has 126 valence electrons. The van der Waals surface area contributed by atoms with Gasteiger partial charge in [0, 0.05) is 12.3 Å². The van der Waals surface area contributed by atoms with Gasteiger partial charge < -0.3 is 14.6 Å². The monoisotopic (exact) mass is 312 g/mol. The number of esters is 2. The first-order valence-electron chi connectivity index (χ1n) is 8.14. The maximum absolute atomic E-state index is 12.3. The fourth-order valence-corrected chi connectivity index (χ4v) is 4.68. The Bertz CT molecular complexity index is 448. The van der Waals surface area contributed by atoms with Gasteiger partial charge in [0.05, 0.1) is 25.7 Å². The number of methoxy groups -OCH3 is 1. The highest BCUT2D eigenvalue weighted by molar-refractivity contribution is 5.73. The molecule has 0 aromatic carbocycles. The second-order valence-corrected chi connectivity index (χ2v) is 7.42. The van der Waals surface area contributed by atoms with Crippen LogP contribution in [0.1, 0.15) is 52.9 Å². The number of carbonyl (C=O) groups is 2. The highest BCUT2D eigenvalue weighted by atomic mass is 16.5. The summed E-state index contributed by atoms with van der Waals surface area (Å²) in [6, 6.07) is 0. The van der Waals surface area contributed by atoms with Crippen molar-refractivity contribution in [1.29, 1.82) is 0 Å². The van der Waals surface area contributed by atoms with Gasteiger partial charge in [0.2, 0.25) is 0 Å². The molecule has 0 bridgehead atoms. The summed E-state index contributed by atoms with van der Waals surface area (Å²) in [7, 11) is 1.43. The maximum atomic E-state index is 12.3. The minimum absolute atomic E-state index is 0.177. The van der Waals surface area contributed by atoms with E-state index < -0.39 is 6.10 Å². The fourth-order valence-electron chi connectivity index (χ4n) is 4.68. The lowest BCUT2D eigenvalue weighted by Crippen LogP contribution is -2.46. The molecule has 0 aromatic heterocycles. The van der Waals surface area contributed by atoms with Crippen LogP contribution in [0.2, 0.25) is 0 Å². The predicted octanol–water partition coefficient (Wildman–Crippen LogP) is 2.31. The number of aliphatic hydroxyl groups is 1. The third-order valence-electron chi connectivity index (χ3n) is 6.33. The topological polar surface area (TPSA) is 72.8 Å². The molecule has 0 saturated heterocycles. The molecule has 1 N–H and O–H groups in total. The van der Waals surface area contributed by atoms with Crippen LogP contribution in [0.15, 0.2) is 0 Å². The largest absolute Gasteiger partial charge is 0.469 e. The lowest BCUT2D eigenvalue weighted by molar-refractivity contribution is -0.155. The SMILES string of the molecule is COC(=O)C1CCC(COC(C)=O)CC2(C)C(O)CCC12C. The van der Waals surface area contributed by atoms with Crippen LogP contribution in [0.3, 0.4) is 0 Å². The van der Waals surface area contributed by atoms with Gasteiger partial charge in [-0.05, 0) is 43.4 Å².